The zero-order valence-corrected chi connectivity index (χ0v) is 6.92. The molecule has 0 radical (unpaired) electrons. The highest BCUT2D eigenvalue weighted by atomic mass is 19.1. The summed E-state index contributed by atoms with van der Waals surface area (Å²) in [5.74, 6) is -0.253. The van der Waals surface area contributed by atoms with E-state index in [2.05, 4.69) is 5.32 Å². The molecule has 1 unspecified atom stereocenters. The van der Waals surface area contributed by atoms with Crippen molar-refractivity contribution in [1.82, 2.24) is 0 Å². The van der Waals surface area contributed by atoms with Gasteiger partial charge in [0.05, 0.1) is 6.61 Å². The lowest BCUT2D eigenvalue weighted by Gasteiger charge is -2.11. The maximum Gasteiger partial charge on any atom is 0.123 e. The quantitative estimate of drug-likeness (QED) is 0.720. The number of hydrogen-bond acceptors (Lipinski definition) is 2. The van der Waals surface area contributed by atoms with Crippen LogP contribution >= 0.6 is 0 Å². The summed E-state index contributed by atoms with van der Waals surface area (Å²) in [6.07, 6.45) is 0. The Labute approximate surface area is 71.0 Å². The van der Waals surface area contributed by atoms with Crippen LogP contribution in [0.25, 0.3) is 0 Å². The molecule has 1 aromatic carbocycles. The summed E-state index contributed by atoms with van der Waals surface area (Å²) >= 11 is 0. The van der Waals surface area contributed by atoms with Crippen LogP contribution in [0.1, 0.15) is 6.92 Å². The smallest absolute Gasteiger partial charge is 0.123 e. The minimum absolute atomic E-state index is 0.00420. The van der Waals surface area contributed by atoms with Crippen LogP contribution in [0.15, 0.2) is 24.3 Å². The maximum atomic E-state index is 12.4. The van der Waals surface area contributed by atoms with Crippen LogP contribution < -0.4 is 5.32 Å². The Morgan fingerprint density at radius 3 is 2.50 bits per heavy atom. The van der Waals surface area contributed by atoms with Crippen LogP contribution in [0.2, 0.25) is 0 Å². The molecular weight excluding hydrogens is 157 g/mol. The van der Waals surface area contributed by atoms with Crippen LogP contribution in [0, 0.1) is 5.82 Å². The number of hydrogen-bond donors (Lipinski definition) is 2. The second-order valence-corrected chi connectivity index (χ2v) is 2.73. The molecule has 2 N–H and O–H groups in total. The summed E-state index contributed by atoms with van der Waals surface area (Å²) in [4.78, 5) is 0. The number of aliphatic hydroxyl groups is 1. The first-order valence-corrected chi connectivity index (χ1v) is 3.85. The van der Waals surface area contributed by atoms with Crippen molar-refractivity contribution in [3.8, 4) is 0 Å². The fourth-order valence-electron chi connectivity index (χ4n) is 0.876. The van der Waals surface area contributed by atoms with E-state index in [0.717, 1.165) is 5.69 Å². The molecule has 0 fully saturated rings. The molecule has 0 spiro atoms. The van der Waals surface area contributed by atoms with Gasteiger partial charge in [0, 0.05) is 11.7 Å². The molecule has 0 aliphatic carbocycles. The molecule has 2 nitrogen and oxygen atoms in total. The first-order chi connectivity index (χ1) is 5.72. The Bertz CT molecular complexity index is 235. The summed E-state index contributed by atoms with van der Waals surface area (Å²) < 4.78 is 12.4. The van der Waals surface area contributed by atoms with Gasteiger partial charge in [-0.1, -0.05) is 0 Å². The fraction of sp³-hybridized carbons (Fsp3) is 0.333. The standard InChI is InChI=1S/C9H12FNO/c1-7(6-12)11-9-4-2-8(10)3-5-9/h2-5,7,11-12H,6H2,1H3. The molecule has 3 heteroatoms. The van der Waals surface area contributed by atoms with E-state index >= 15 is 0 Å². The molecule has 0 aromatic heterocycles. The van der Waals surface area contributed by atoms with Crippen molar-refractivity contribution in [3.63, 3.8) is 0 Å². The lowest BCUT2D eigenvalue weighted by molar-refractivity contribution is 0.281. The van der Waals surface area contributed by atoms with Crippen LogP contribution in [-0.4, -0.2) is 17.8 Å². The van der Waals surface area contributed by atoms with E-state index in [-0.39, 0.29) is 18.5 Å². The largest absolute Gasteiger partial charge is 0.394 e. The third-order valence-corrected chi connectivity index (χ3v) is 1.53. The highest BCUT2D eigenvalue weighted by Crippen LogP contribution is 2.08. The van der Waals surface area contributed by atoms with E-state index in [0.29, 0.717) is 0 Å². The zero-order valence-electron chi connectivity index (χ0n) is 6.92. The highest BCUT2D eigenvalue weighted by Gasteiger charge is 1.98. The predicted octanol–water partition coefficient (Wildman–Crippen LogP) is 1.62. The van der Waals surface area contributed by atoms with Gasteiger partial charge in [-0.2, -0.15) is 0 Å². The van der Waals surface area contributed by atoms with Crippen molar-refractivity contribution in [2.24, 2.45) is 0 Å². The van der Waals surface area contributed by atoms with Crippen molar-refractivity contribution < 1.29 is 9.50 Å². The maximum absolute atomic E-state index is 12.4. The first-order valence-electron chi connectivity index (χ1n) is 3.85. The number of halogens is 1. The minimum atomic E-state index is -0.253. The number of benzene rings is 1. The van der Waals surface area contributed by atoms with Crippen LogP contribution in [0.4, 0.5) is 10.1 Å². The molecular formula is C9H12FNO. The average molecular weight is 169 g/mol. The summed E-state index contributed by atoms with van der Waals surface area (Å²) in [6, 6.07) is 6.04. The molecule has 1 aromatic rings. The van der Waals surface area contributed by atoms with Crippen LogP contribution in [-0.2, 0) is 0 Å². The van der Waals surface area contributed by atoms with E-state index in [1.54, 1.807) is 12.1 Å². The molecule has 1 atom stereocenters. The van der Waals surface area contributed by atoms with E-state index in [4.69, 9.17) is 5.11 Å². The van der Waals surface area contributed by atoms with Gasteiger partial charge in [-0.05, 0) is 31.2 Å². The lowest BCUT2D eigenvalue weighted by Crippen LogP contribution is -2.19. The van der Waals surface area contributed by atoms with Crippen LogP contribution in [0.5, 0.6) is 0 Å². The van der Waals surface area contributed by atoms with Crippen molar-refractivity contribution in [2.75, 3.05) is 11.9 Å². The van der Waals surface area contributed by atoms with Gasteiger partial charge in [-0.25, -0.2) is 4.39 Å². The third kappa shape index (κ3) is 2.51. The predicted molar refractivity (Wildman–Crippen MR) is 46.6 cm³/mol. The molecule has 0 heterocycles. The van der Waals surface area contributed by atoms with E-state index in [9.17, 15) is 4.39 Å². The zero-order chi connectivity index (χ0) is 8.97. The van der Waals surface area contributed by atoms with Gasteiger partial charge in [0.25, 0.3) is 0 Å². The molecule has 0 saturated heterocycles. The summed E-state index contributed by atoms with van der Waals surface area (Å²) in [6.45, 7) is 1.92. The number of anilines is 1. The van der Waals surface area contributed by atoms with Gasteiger partial charge in [0.2, 0.25) is 0 Å². The van der Waals surface area contributed by atoms with Gasteiger partial charge in [0.1, 0.15) is 5.82 Å². The van der Waals surface area contributed by atoms with Gasteiger partial charge in [0.15, 0.2) is 0 Å². The SMILES string of the molecule is CC(CO)Nc1ccc(F)cc1. The van der Waals surface area contributed by atoms with Gasteiger partial charge < -0.3 is 10.4 Å². The van der Waals surface area contributed by atoms with Gasteiger partial charge in [-0.15, -0.1) is 0 Å². The number of nitrogens with one attached hydrogen (secondary N) is 1. The Morgan fingerprint density at radius 1 is 1.42 bits per heavy atom. The van der Waals surface area contributed by atoms with Crippen molar-refractivity contribution >= 4 is 5.69 Å². The van der Waals surface area contributed by atoms with Gasteiger partial charge in [-0.3, -0.25) is 0 Å². The average Bonchev–Trinajstić information content (AvgIpc) is 2.09. The van der Waals surface area contributed by atoms with E-state index < -0.39 is 0 Å². The fourth-order valence-corrected chi connectivity index (χ4v) is 0.876. The normalized spacial score (nSPS) is 12.6. The summed E-state index contributed by atoms with van der Waals surface area (Å²) in [7, 11) is 0. The molecule has 66 valence electrons. The van der Waals surface area contributed by atoms with E-state index in [1.807, 2.05) is 6.92 Å². The molecule has 1 rings (SSSR count). The summed E-state index contributed by atoms with van der Waals surface area (Å²) in [5.41, 5.74) is 0.818. The molecule has 0 saturated carbocycles. The Hall–Kier alpha value is -1.09. The number of aliphatic hydroxyl groups excluding tert-OH is 1. The topological polar surface area (TPSA) is 32.3 Å². The van der Waals surface area contributed by atoms with Crippen LogP contribution in [0.3, 0.4) is 0 Å². The second kappa shape index (κ2) is 4.07. The Balaban J connectivity index is 2.58. The van der Waals surface area contributed by atoms with Crippen molar-refractivity contribution in [1.29, 1.82) is 0 Å². The highest BCUT2D eigenvalue weighted by molar-refractivity contribution is 5.43. The van der Waals surface area contributed by atoms with Crippen molar-refractivity contribution in [3.05, 3.63) is 30.1 Å². The first kappa shape index (κ1) is 9.00. The summed E-state index contributed by atoms with van der Waals surface area (Å²) in [5, 5.41) is 11.7. The van der Waals surface area contributed by atoms with Crippen molar-refractivity contribution in [2.45, 2.75) is 13.0 Å². The molecule has 12 heavy (non-hydrogen) atoms. The Morgan fingerprint density at radius 2 is 2.00 bits per heavy atom. The van der Waals surface area contributed by atoms with Gasteiger partial charge >= 0.3 is 0 Å². The third-order valence-electron chi connectivity index (χ3n) is 1.53. The molecule has 0 bridgehead atoms. The Kier molecular flexibility index (Phi) is 3.05. The second-order valence-electron chi connectivity index (χ2n) is 2.73. The molecule has 0 aliphatic rings. The monoisotopic (exact) mass is 169 g/mol. The molecule has 0 aliphatic heterocycles. The lowest BCUT2D eigenvalue weighted by atomic mass is 10.3. The molecule has 0 amide bonds. The van der Waals surface area contributed by atoms with E-state index in [1.165, 1.54) is 12.1 Å². The minimum Gasteiger partial charge on any atom is -0.394 e. The number of rotatable bonds is 3.